The minimum atomic E-state index is -0.946. The number of likely N-dealkylation sites (N-methyl/N-ethyl adjacent to an activating group) is 1. The lowest BCUT2D eigenvalue weighted by atomic mass is 10.1. The van der Waals surface area contributed by atoms with E-state index in [1.807, 2.05) is 0 Å². The maximum Gasteiger partial charge on any atom is 0.325 e. The van der Waals surface area contributed by atoms with E-state index >= 15 is 0 Å². The second-order valence-corrected chi connectivity index (χ2v) is 3.93. The molecule has 0 fully saturated rings. The van der Waals surface area contributed by atoms with E-state index in [-0.39, 0.29) is 6.61 Å². The van der Waals surface area contributed by atoms with Gasteiger partial charge in [-0.25, -0.2) is 0 Å². The van der Waals surface area contributed by atoms with Gasteiger partial charge in [-0.05, 0) is 24.7 Å². The number of hydrogen-bond acceptors (Lipinski definition) is 3. The van der Waals surface area contributed by atoms with Crippen molar-refractivity contribution in [1.82, 2.24) is 4.90 Å². The Balaban J connectivity index is 2.93. The fourth-order valence-electron chi connectivity index (χ4n) is 1.52. The maximum atomic E-state index is 11.1. The molecule has 0 spiro atoms. The number of halogens is 1. The van der Waals surface area contributed by atoms with Gasteiger partial charge in [0, 0.05) is 11.6 Å². The van der Waals surface area contributed by atoms with E-state index in [4.69, 9.17) is 21.8 Å². The van der Waals surface area contributed by atoms with Crippen LogP contribution in [0.2, 0.25) is 5.02 Å². The largest absolute Gasteiger partial charge is 0.480 e. The van der Waals surface area contributed by atoms with Gasteiger partial charge in [-0.2, -0.15) is 0 Å². The highest BCUT2D eigenvalue weighted by molar-refractivity contribution is 6.30. The molecule has 2 N–H and O–H groups in total. The summed E-state index contributed by atoms with van der Waals surface area (Å²) >= 11 is 5.74. The highest BCUT2D eigenvalue weighted by Crippen LogP contribution is 2.21. The van der Waals surface area contributed by atoms with Gasteiger partial charge < -0.3 is 10.2 Å². The molecule has 0 radical (unpaired) electrons. The van der Waals surface area contributed by atoms with Gasteiger partial charge in [0.25, 0.3) is 0 Å². The molecule has 0 aliphatic rings. The van der Waals surface area contributed by atoms with Gasteiger partial charge in [0.05, 0.1) is 6.61 Å². The number of benzene rings is 1. The summed E-state index contributed by atoms with van der Waals surface area (Å²) in [6.07, 6.45) is 0. The average Bonchev–Trinajstić information content (AvgIpc) is 2.21. The van der Waals surface area contributed by atoms with Gasteiger partial charge in [-0.1, -0.05) is 23.7 Å². The van der Waals surface area contributed by atoms with Crippen molar-refractivity contribution in [1.29, 1.82) is 0 Å². The molecule has 0 aromatic heterocycles. The Labute approximate surface area is 99.1 Å². The normalized spacial score (nSPS) is 12.8. The summed E-state index contributed by atoms with van der Waals surface area (Å²) in [4.78, 5) is 12.7. The van der Waals surface area contributed by atoms with Crippen molar-refractivity contribution in [2.24, 2.45) is 0 Å². The van der Waals surface area contributed by atoms with E-state index in [1.54, 1.807) is 36.2 Å². The Hall–Kier alpha value is -1.10. The van der Waals surface area contributed by atoms with Gasteiger partial charge in [-0.3, -0.25) is 9.69 Å². The quantitative estimate of drug-likeness (QED) is 0.821. The van der Waals surface area contributed by atoms with Crippen molar-refractivity contribution in [2.45, 2.75) is 6.04 Å². The summed E-state index contributed by atoms with van der Waals surface area (Å²) in [5, 5.41) is 18.5. The molecular formula is C11H14ClNO3. The first kappa shape index (κ1) is 13.0. The molecule has 0 saturated heterocycles. The van der Waals surface area contributed by atoms with Crippen LogP contribution in [0, 0.1) is 0 Å². The second kappa shape index (κ2) is 5.84. The molecule has 0 saturated carbocycles. The lowest BCUT2D eigenvalue weighted by molar-refractivity contribution is -0.143. The lowest BCUT2D eigenvalue weighted by Gasteiger charge is -2.24. The molecule has 1 aromatic carbocycles. The van der Waals surface area contributed by atoms with Crippen LogP contribution in [0.1, 0.15) is 11.6 Å². The van der Waals surface area contributed by atoms with Crippen LogP contribution < -0.4 is 0 Å². The molecule has 1 aromatic rings. The highest BCUT2D eigenvalue weighted by Gasteiger charge is 2.23. The number of carbonyl (C=O) groups is 1. The summed E-state index contributed by atoms with van der Waals surface area (Å²) in [5.74, 6) is -0.946. The van der Waals surface area contributed by atoms with Gasteiger partial charge in [-0.15, -0.1) is 0 Å². The molecule has 0 heterocycles. The first-order valence-corrected chi connectivity index (χ1v) is 5.23. The zero-order chi connectivity index (χ0) is 12.1. The predicted molar refractivity (Wildman–Crippen MR) is 61.5 cm³/mol. The third-order valence-electron chi connectivity index (χ3n) is 2.31. The number of carboxylic acid groups (broad SMARTS) is 1. The molecule has 1 atom stereocenters. The molecule has 0 aliphatic heterocycles. The van der Waals surface area contributed by atoms with Crippen LogP contribution in [0.15, 0.2) is 24.3 Å². The van der Waals surface area contributed by atoms with Gasteiger partial charge in [0.15, 0.2) is 0 Å². The number of aliphatic carboxylic acids is 1. The molecule has 0 aliphatic carbocycles. The Kier molecular flexibility index (Phi) is 4.73. The molecule has 0 bridgehead atoms. The van der Waals surface area contributed by atoms with Crippen LogP contribution in [-0.4, -0.2) is 41.3 Å². The van der Waals surface area contributed by atoms with Crippen LogP contribution in [0.4, 0.5) is 0 Å². The average molecular weight is 244 g/mol. The van der Waals surface area contributed by atoms with Crippen molar-refractivity contribution < 1.29 is 15.0 Å². The van der Waals surface area contributed by atoms with E-state index < -0.39 is 12.0 Å². The number of aliphatic hydroxyl groups is 1. The van der Waals surface area contributed by atoms with E-state index in [0.717, 1.165) is 0 Å². The van der Waals surface area contributed by atoms with Crippen LogP contribution in [0.3, 0.4) is 0 Å². The van der Waals surface area contributed by atoms with Crippen molar-refractivity contribution in [3.63, 3.8) is 0 Å². The number of hydrogen-bond donors (Lipinski definition) is 2. The Morgan fingerprint density at radius 2 is 2.00 bits per heavy atom. The van der Waals surface area contributed by atoms with Gasteiger partial charge in [0.2, 0.25) is 0 Å². The zero-order valence-electron chi connectivity index (χ0n) is 8.93. The van der Waals surface area contributed by atoms with E-state index in [1.165, 1.54) is 0 Å². The Morgan fingerprint density at radius 1 is 1.44 bits per heavy atom. The third-order valence-corrected chi connectivity index (χ3v) is 2.57. The molecule has 5 heteroatoms. The first-order valence-electron chi connectivity index (χ1n) is 4.85. The molecular weight excluding hydrogens is 230 g/mol. The van der Waals surface area contributed by atoms with Crippen LogP contribution >= 0.6 is 11.6 Å². The third kappa shape index (κ3) is 3.20. The van der Waals surface area contributed by atoms with Crippen molar-refractivity contribution in [2.75, 3.05) is 20.2 Å². The lowest BCUT2D eigenvalue weighted by Crippen LogP contribution is -2.32. The Morgan fingerprint density at radius 3 is 2.44 bits per heavy atom. The number of nitrogens with zero attached hydrogens (tertiary/aromatic N) is 1. The van der Waals surface area contributed by atoms with Crippen molar-refractivity contribution >= 4 is 17.6 Å². The summed E-state index contributed by atoms with van der Waals surface area (Å²) in [5.41, 5.74) is 0.646. The number of carboxylic acids is 1. The Bertz CT molecular complexity index is 353. The fourth-order valence-corrected chi connectivity index (χ4v) is 1.64. The van der Waals surface area contributed by atoms with E-state index in [9.17, 15) is 4.79 Å². The van der Waals surface area contributed by atoms with Crippen LogP contribution in [0.5, 0.6) is 0 Å². The van der Waals surface area contributed by atoms with Crippen molar-refractivity contribution in [3.05, 3.63) is 34.9 Å². The molecule has 16 heavy (non-hydrogen) atoms. The standard InChI is InChI=1S/C11H14ClNO3/c1-13(6-7-14)10(11(15)16)8-2-4-9(12)5-3-8/h2-5,10,14H,6-7H2,1H3,(H,15,16). The topological polar surface area (TPSA) is 60.8 Å². The fraction of sp³-hybridized carbons (Fsp3) is 0.364. The monoisotopic (exact) mass is 243 g/mol. The minimum absolute atomic E-state index is 0.0755. The summed E-state index contributed by atoms with van der Waals surface area (Å²) in [7, 11) is 1.66. The van der Waals surface area contributed by atoms with Crippen LogP contribution in [0.25, 0.3) is 0 Å². The zero-order valence-corrected chi connectivity index (χ0v) is 9.68. The van der Waals surface area contributed by atoms with Gasteiger partial charge >= 0.3 is 5.97 Å². The molecule has 0 amide bonds. The van der Waals surface area contributed by atoms with Crippen LogP contribution in [-0.2, 0) is 4.79 Å². The maximum absolute atomic E-state index is 11.1. The number of rotatable bonds is 5. The SMILES string of the molecule is CN(CCO)C(C(=O)O)c1ccc(Cl)cc1. The molecule has 1 unspecified atom stereocenters. The number of aliphatic hydroxyl groups excluding tert-OH is 1. The minimum Gasteiger partial charge on any atom is -0.480 e. The van der Waals surface area contributed by atoms with E-state index in [2.05, 4.69) is 0 Å². The smallest absolute Gasteiger partial charge is 0.325 e. The summed E-state index contributed by atoms with van der Waals surface area (Å²) in [6.45, 7) is 0.230. The van der Waals surface area contributed by atoms with Crippen molar-refractivity contribution in [3.8, 4) is 0 Å². The molecule has 88 valence electrons. The van der Waals surface area contributed by atoms with Gasteiger partial charge in [0.1, 0.15) is 6.04 Å². The summed E-state index contributed by atoms with van der Waals surface area (Å²) in [6, 6.07) is 5.90. The van der Waals surface area contributed by atoms with E-state index in [0.29, 0.717) is 17.1 Å². The summed E-state index contributed by atoms with van der Waals surface area (Å²) < 4.78 is 0. The predicted octanol–water partition coefficient (Wildman–Crippen LogP) is 1.39. The first-order chi connectivity index (χ1) is 7.56. The molecule has 4 nitrogen and oxygen atoms in total. The highest BCUT2D eigenvalue weighted by atomic mass is 35.5. The second-order valence-electron chi connectivity index (χ2n) is 3.50. The molecule has 1 rings (SSSR count).